The lowest BCUT2D eigenvalue weighted by Gasteiger charge is -2.23. The van der Waals surface area contributed by atoms with Crippen molar-refractivity contribution >= 4 is 39.5 Å². The highest BCUT2D eigenvalue weighted by molar-refractivity contribution is 7.89. The Bertz CT molecular complexity index is 868. The molecule has 0 saturated heterocycles. The largest absolute Gasteiger partial charge is 0.449 e. The third kappa shape index (κ3) is 6.18. The van der Waals surface area contributed by atoms with Gasteiger partial charge in [0.2, 0.25) is 10.0 Å². The molecule has 1 aromatic carbocycles. The molecule has 9 nitrogen and oxygen atoms in total. The van der Waals surface area contributed by atoms with Crippen molar-refractivity contribution in [1.29, 1.82) is 0 Å². The van der Waals surface area contributed by atoms with Gasteiger partial charge in [0.1, 0.15) is 4.90 Å². The van der Waals surface area contributed by atoms with Gasteiger partial charge in [-0.2, -0.15) is 0 Å². The molecular formula is C17H22ClN3O6S. The number of hydrogen-bond donors (Lipinski definition) is 3. The number of halogens is 1. The Hall–Kier alpha value is -2.17. The summed E-state index contributed by atoms with van der Waals surface area (Å²) in [6.45, 7) is 1.29. The van der Waals surface area contributed by atoms with Crippen molar-refractivity contribution < 1.29 is 27.5 Å². The van der Waals surface area contributed by atoms with Crippen LogP contribution in [-0.4, -0.2) is 38.5 Å². The fraction of sp³-hybridized carbons (Fsp3) is 0.471. The summed E-state index contributed by atoms with van der Waals surface area (Å²) in [5.74, 6) is -1.76. The fourth-order valence-electron chi connectivity index (χ4n) is 2.81. The number of hydrogen-bond acceptors (Lipinski definition) is 6. The minimum absolute atomic E-state index is 0.0186. The first-order valence-corrected chi connectivity index (χ1v) is 10.6. The van der Waals surface area contributed by atoms with Crippen molar-refractivity contribution in [2.24, 2.45) is 5.14 Å². The Balaban J connectivity index is 1.94. The number of primary sulfonamides is 1. The zero-order chi connectivity index (χ0) is 20.9. The van der Waals surface area contributed by atoms with Gasteiger partial charge in [0.25, 0.3) is 5.91 Å². The van der Waals surface area contributed by atoms with E-state index in [0.29, 0.717) is 0 Å². The number of urea groups is 1. The highest BCUT2D eigenvalue weighted by atomic mass is 35.5. The van der Waals surface area contributed by atoms with Crippen LogP contribution >= 0.6 is 11.6 Å². The van der Waals surface area contributed by atoms with E-state index in [-0.39, 0.29) is 16.6 Å². The molecule has 28 heavy (non-hydrogen) atoms. The average molecular weight is 432 g/mol. The summed E-state index contributed by atoms with van der Waals surface area (Å²) in [6.07, 6.45) is 3.61. The van der Waals surface area contributed by atoms with E-state index in [2.05, 4.69) is 10.6 Å². The molecule has 11 heteroatoms. The van der Waals surface area contributed by atoms with Gasteiger partial charge in [-0.15, -0.1) is 0 Å². The Morgan fingerprint density at radius 3 is 2.46 bits per heavy atom. The molecule has 0 unspecified atom stereocenters. The number of rotatable bonds is 5. The molecule has 1 aliphatic rings. The van der Waals surface area contributed by atoms with E-state index in [1.54, 1.807) is 0 Å². The molecule has 1 fully saturated rings. The topological polar surface area (TPSA) is 145 Å². The Kier molecular flexibility index (Phi) is 7.39. The van der Waals surface area contributed by atoms with Gasteiger partial charge >= 0.3 is 12.0 Å². The van der Waals surface area contributed by atoms with Crippen LogP contribution in [0.2, 0.25) is 5.02 Å². The van der Waals surface area contributed by atoms with E-state index in [1.165, 1.54) is 19.1 Å². The maximum absolute atomic E-state index is 12.2. The van der Waals surface area contributed by atoms with Crippen LogP contribution in [0.15, 0.2) is 23.1 Å². The second-order valence-electron chi connectivity index (χ2n) is 6.54. The number of esters is 1. The highest BCUT2D eigenvalue weighted by Gasteiger charge is 2.24. The number of sulfonamides is 1. The number of carbonyl (C=O) groups is 3. The van der Waals surface area contributed by atoms with Gasteiger partial charge in [-0.25, -0.2) is 23.1 Å². The lowest BCUT2D eigenvalue weighted by molar-refractivity contribution is -0.127. The number of nitrogens with two attached hydrogens (primary N) is 1. The molecule has 0 aromatic heterocycles. The zero-order valence-electron chi connectivity index (χ0n) is 15.2. The number of carbonyl (C=O) groups excluding carboxylic acids is 3. The summed E-state index contributed by atoms with van der Waals surface area (Å²) in [7, 11) is -4.14. The van der Waals surface area contributed by atoms with Crippen LogP contribution in [0, 0.1) is 0 Å². The maximum Gasteiger partial charge on any atom is 0.338 e. The lowest BCUT2D eigenvalue weighted by atomic mass is 9.96. The predicted octanol–water partition coefficient (Wildman–Crippen LogP) is 1.69. The van der Waals surface area contributed by atoms with Crippen LogP contribution in [0.5, 0.6) is 0 Å². The molecule has 4 N–H and O–H groups in total. The van der Waals surface area contributed by atoms with E-state index < -0.39 is 38.9 Å². The van der Waals surface area contributed by atoms with E-state index in [4.69, 9.17) is 21.5 Å². The van der Waals surface area contributed by atoms with Gasteiger partial charge in [-0.05, 0) is 38.0 Å². The minimum atomic E-state index is -4.14. The first-order chi connectivity index (χ1) is 13.1. The normalized spacial score (nSPS) is 16.1. The monoisotopic (exact) mass is 431 g/mol. The first kappa shape index (κ1) is 22.1. The smallest absolute Gasteiger partial charge is 0.338 e. The van der Waals surface area contributed by atoms with Crippen LogP contribution in [0.3, 0.4) is 0 Å². The summed E-state index contributed by atoms with van der Waals surface area (Å²) >= 11 is 5.76. The van der Waals surface area contributed by atoms with Gasteiger partial charge in [0.15, 0.2) is 6.10 Å². The molecule has 2 rings (SSSR count). The number of ether oxygens (including phenoxy) is 1. The van der Waals surface area contributed by atoms with Crippen LogP contribution in [0.1, 0.15) is 49.4 Å². The number of amides is 3. The van der Waals surface area contributed by atoms with Crippen molar-refractivity contribution in [3.05, 3.63) is 28.8 Å². The lowest BCUT2D eigenvalue weighted by Crippen LogP contribution is -2.48. The van der Waals surface area contributed by atoms with Crippen LogP contribution in [0.25, 0.3) is 0 Å². The van der Waals surface area contributed by atoms with Crippen molar-refractivity contribution in [3.8, 4) is 0 Å². The van der Waals surface area contributed by atoms with Gasteiger partial charge in [0.05, 0.1) is 10.6 Å². The summed E-state index contributed by atoms with van der Waals surface area (Å²) in [5.41, 5.74) is -0.153. The molecule has 154 valence electrons. The molecule has 3 amide bonds. The predicted molar refractivity (Wildman–Crippen MR) is 101 cm³/mol. The average Bonchev–Trinajstić information content (AvgIpc) is 2.61. The first-order valence-electron chi connectivity index (χ1n) is 8.72. The maximum atomic E-state index is 12.2. The van der Waals surface area contributed by atoms with Gasteiger partial charge in [0, 0.05) is 6.04 Å². The van der Waals surface area contributed by atoms with E-state index in [9.17, 15) is 22.8 Å². The summed E-state index contributed by atoms with van der Waals surface area (Å²) in [6, 6.07) is 2.74. The molecule has 1 aliphatic carbocycles. The van der Waals surface area contributed by atoms with Gasteiger partial charge < -0.3 is 10.1 Å². The van der Waals surface area contributed by atoms with Crippen molar-refractivity contribution in [1.82, 2.24) is 10.6 Å². The molecule has 0 aliphatic heterocycles. The molecule has 0 spiro atoms. The summed E-state index contributed by atoms with van der Waals surface area (Å²) in [5, 5.41) is 9.72. The SMILES string of the molecule is C[C@@H](OC(=O)c1ccc(Cl)c(S(N)(=O)=O)c1)C(=O)NC(=O)NC1CCCCC1. The Labute approximate surface area is 168 Å². The van der Waals surface area contributed by atoms with E-state index in [0.717, 1.165) is 38.2 Å². The van der Waals surface area contributed by atoms with Gasteiger partial charge in [-0.3, -0.25) is 10.1 Å². The Morgan fingerprint density at radius 2 is 1.86 bits per heavy atom. The summed E-state index contributed by atoms with van der Waals surface area (Å²) in [4.78, 5) is 35.7. The van der Waals surface area contributed by atoms with Crippen LogP contribution in [-0.2, 0) is 19.6 Å². The van der Waals surface area contributed by atoms with E-state index >= 15 is 0 Å². The second kappa shape index (κ2) is 9.35. The third-order valence-electron chi connectivity index (χ3n) is 4.30. The summed E-state index contributed by atoms with van der Waals surface area (Å²) < 4.78 is 27.9. The molecule has 1 atom stereocenters. The standard InChI is InChI=1S/C17H22ClN3O6S/c1-10(15(22)21-17(24)20-12-5-3-2-4-6-12)27-16(23)11-7-8-13(18)14(9-11)28(19,25)26/h7-10,12H,2-6H2,1H3,(H2,19,25,26)(H2,20,21,22,24)/t10-/m1/s1. The van der Waals surface area contributed by atoms with E-state index in [1.807, 2.05) is 0 Å². The third-order valence-corrected chi connectivity index (χ3v) is 5.70. The van der Waals surface area contributed by atoms with Gasteiger partial charge in [-0.1, -0.05) is 30.9 Å². The molecule has 1 aromatic rings. The Morgan fingerprint density at radius 1 is 1.21 bits per heavy atom. The highest BCUT2D eigenvalue weighted by Crippen LogP contribution is 2.22. The number of imide groups is 1. The van der Waals surface area contributed by atoms with Crippen LogP contribution in [0.4, 0.5) is 4.79 Å². The number of benzene rings is 1. The quantitative estimate of drug-likeness (QED) is 0.605. The minimum Gasteiger partial charge on any atom is -0.449 e. The molecule has 0 radical (unpaired) electrons. The second-order valence-corrected chi connectivity index (χ2v) is 8.47. The van der Waals surface area contributed by atoms with Crippen molar-refractivity contribution in [2.75, 3.05) is 0 Å². The van der Waals surface area contributed by atoms with Crippen LogP contribution < -0.4 is 15.8 Å². The molecule has 0 bridgehead atoms. The van der Waals surface area contributed by atoms with Crippen molar-refractivity contribution in [2.45, 2.75) is 56.1 Å². The molecular weight excluding hydrogens is 410 g/mol. The molecule has 1 saturated carbocycles. The fourth-order valence-corrected chi connectivity index (χ4v) is 3.88. The zero-order valence-corrected chi connectivity index (χ0v) is 16.8. The number of nitrogens with one attached hydrogen (secondary N) is 2. The molecule has 0 heterocycles. The van der Waals surface area contributed by atoms with Crippen molar-refractivity contribution in [3.63, 3.8) is 0 Å².